The summed E-state index contributed by atoms with van der Waals surface area (Å²) in [6.45, 7) is 5.14. The highest BCUT2D eigenvalue weighted by atomic mass is 16.1. The van der Waals surface area contributed by atoms with Crippen molar-refractivity contribution in [1.29, 1.82) is 0 Å². The lowest BCUT2D eigenvalue weighted by Gasteiger charge is -2.04. The van der Waals surface area contributed by atoms with Crippen molar-refractivity contribution in [3.63, 3.8) is 0 Å². The number of allylic oxidation sites excluding steroid dienone is 1. The number of likely N-dealkylation sites (N-methyl/N-ethyl adjacent to an activating group) is 1. The summed E-state index contributed by atoms with van der Waals surface area (Å²) < 4.78 is 0. The second-order valence-electron chi connectivity index (χ2n) is 2.88. The molecule has 0 N–H and O–H groups in total. The Labute approximate surface area is 61.5 Å². The first-order valence-electron chi connectivity index (χ1n) is 3.56. The molecule has 0 radical (unpaired) electrons. The Hall–Kier alpha value is -0.630. The van der Waals surface area contributed by atoms with Crippen LogP contribution in [0.5, 0.6) is 0 Å². The van der Waals surface area contributed by atoms with Crippen LogP contribution in [0.15, 0.2) is 12.7 Å². The summed E-state index contributed by atoms with van der Waals surface area (Å²) in [5, 5.41) is 0. The third-order valence-electron chi connectivity index (χ3n) is 1.86. The van der Waals surface area contributed by atoms with Crippen LogP contribution in [-0.2, 0) is 4.79 Å². The minimum Gasteiger partial charge on any atom is -0.298 e. The summed E-state index contributed by atoms with van der Waals surface area (Å²) in [4.78, 5) is 13.1. The highest BCUT2D eigenvalue weighted by Crippen LogP contribution is 2.14. The Bertz CT molecular complexity index is 153. The molecule has 0 aromatic carbocycles. The zero-order valence-electron chi connectivity index (χ0n) is 6.34. The highest BCUT2D eigenvalue weighted by Gasteiger charge is 2.26. The number of carbonyl (C=O) groups is 1. The largest absolute Gasteiger partial charge is 0.298 e. The van der Waals surface area contributed by atoms with Crippen LogP contribution in [0.4, 0.5) is 0 Å². The van der Waals surface area contributed by atoms with E-state index in [1.54, 1.807) is 0 Å². The maximum atomic E-state index is 11.1. The van der Waals surface area contributed by atoms with Gasteiger partial charge in [-0.3, -0.25) is 9.69 Å². The maximum Gasteiger partial charge on any atom is 0.151 e. The number of ketones is 1. The van der Waals surface area contributed by atoms with Crippen molar-refractivity contribution < 1.29 is 4.79 Å². The quantitative estimate of drug-likeness (QED) is 0.525. The number of rotatable bonds is 2. The number of hydrogen-bond donors (Lipinski definition) is 0. The second-order valence-corrected chi connectivity index (χ2v) is 2.88. The molecule has 2 heteroatoms. The molecule has 1 aliphatic heterocycles. The van der Waals surface area contributed by atoms with Crippen LogP contribution in [0.3, 0.4) is 0 Å². The molecular formula is C8H13NO. The van der Waals surface area contributed by atoms with E-state index in [4.69, 9.17) is 0 Å². The highest BCUT2D eigenvalue weighted by molar-refractivity contribution is 5.85. The van der Waals surface area contributed by atoms with E-state index in [2.05, 4.69) is 11.5 Å². The van der Waals surface area contributed by atoms with E-state index in [0.717, 1.165) is 13.0 Å². The van der Waals surface area contributed by atoms with Crippen LogP contribution in [0.1, 0.15) is 6.42 Å². The molecule has 2 nitrogen and oxygen atoms in total. The summed E-state index contributed by atoms with van der Waals surface area (Å²) in [7, 11) is 1.97. The van der Waals surface area contributed by atoms with E-state index < -0.39 is 0 Å². The van der Waals surface area contributed by atoms with Gasteiger partial charge in [-0.15, -0.1) is 6.58 Å². The van der Waals surface area contributed by atoms with Crippen LogP contribution in [0, 0.1) is 5.92 Å². The molecule has 1 saturated heterocycles. The fourth-order valence-electron chi connectivity index (χ4n) is 1.34. The van der Waals surface area contributed by atoms with Gasteiger partial charge in [0, 0.05) is 12.5 Å². The monoisotopic (exact) mass is 139 g/mol. The van der Waals surface area contributed by atoms with Crippen molar-refractivity contribution in [2.24, 2.45) is 5.92 Å². The van der Waals surface area contributed by atoms with E-state index in [9.17, 15) is 4.79 Å². The van der Waals surface area contributed by atoms with Crippen LogP contribution in [0.2, 0.25) is 0 Å². The van der Waals surface area contributed by atoms with Gasteiger partial charge in [-0.25, -0.2) is 0 Å². The molecule has 0 saturated carbocycles. The summed E-state index contributed by atoms with van der Waals surface area (Å²) in [5.74, 6) is 0.588. The minimum absolute atomic E-state index is 0.225. The van der Waals surface area contributed by atoms with Gasteiger partial charge in [0.2, 0.25) is 0 Å². The van der Waals surface area contributed by atoms with E-state index in [1.165, 1.54) is 0 Å². The van der Waals surface area contributed by atoms with E-state index in [1.807, 2.05) is 13.1 Å². The van der Waals surface area contributed by atoms with Gasteiger partial charge in [-0.2, -0.15) is 0 Å². The molecule has 1 heterocycles. The average Bonchev–Trinajstić information content (AvgIpc) is 2.13. The number of carbonyl (C=O) groups excluding carboxylic acids is 1. The lowest BCUT2D eigenvalue weighted by molar-refractivity contribution is -0.119. The van der Waals surface area contributed by atoms with Gasteiger partial charge >= 0.3 is 0 Å². The lowest BCUT2D eigenvalue weighted by Crippen LogP contribution is -2.13. The Morgan fingerprint density at radius 2 is 2.60 bits per heavy atom. The SMILES string of the molecule is C=CC[C@H]1CN(C)CC1=O. The second kappa shape index (κ2) is 2.97. The van der Waals surface area contributed by atoms with Crippen LogP contribution >= 0.6 is 0 Å². The molecule has 0 amide bonds. The Morgan fingerprint density at radius 3 is 3.00 bits per heavy atom. The molecule has 1 aliphatic rings. The van der Waals surface area contributed by atoms with Crippen molar-refractivity contribution in [3.8, 4) is 0 Å². The van der Waals surface area contributed by atoms with E-state index in [0.29, 0.717) is 12.3 Å². The maximum absolute atomic E-state index is 11.1. The molecule has 0 spiro atoms. The standard InChI is InChI=1S/C8H13NO/c1-3-4-7-5-9(2)6-8(7)10/h3,7H,1,4-6H2,2H3/t7-/m0/s1. The molecule has 10 heavy (non-hydrogen) atoms. The molecule has 0 aromatic heterocycles. The van der Waals surface area contributed by atoms with E-state index >= 15 is 0 Å². The number of hydrogen-bond acceptors (Lipinski definition) is 2. The number of nitrogens with zero attached hydrogens (tertiary/aromatic N) is 1. The number of likely N-dealkylation sites (tertiary alicyclic amines) is 1. The summed E-state index contributed by atoms with van der Waals surface area (Å²) in [6.07, 6.45) is 2.66. The van der Waals surface area contributed by atoms with Gasteiger partial charge in [0.25, 0.3) is 0 Å². The van der Waals surface area contributed by atoms with Crippen molar-refractivity contribution >= 4 is 5.78 Å². The first-order valence-corrected chi connectivity index (χ1v) is 3.56. The first-order chi connectivity index (χ1) is 4.74. The smallest absolute Gasteiger partial charge is 0.151 e. The van der Waals surface area contributed by atoms with Crippen molar-refractivity contribution in [1.82, 2.24) is 4.90 Å². The summed E-state index contributed by atoms with van der Waals surface area (Å²) in [6, 6.07) is 0. The van der Waals surface area contributed by atoms with Gasteiger partial charge in [-0.1, -0.05) is 6.08 Å². The van der Waals surface area contributed by atoms with Gasteiger partial charge in [-0.05, 0) is 13.5 Å². The predicted molar refractivity (Wildman–Crippen MR) is 40.8 cm³/mol. The van der Waals surface area contributed by atoms with Gasteiger partial charge < -0.3 is 0 Å². The molecule has 0 bridgehead atoms. The van der Waals surface area contributed by atoms with Gasteiger partial charge in [0.15, 0.2) is 5.78 Å². The molecule has 0 aliphatic carbocycles. The third kappa shape index (κ3) is 1.45. The third-order valence-corrected chi connectivity index (χ3v) is 1.86. The topological polar surface area (TPSA) is 20.3 Å². The molecule has 0 aromatic rings. The first kappa shape index (κ1) is 7.48. The zero-order valence-corrected chi connectivity index (χ0v) is 6.34. The predicted octanol–water partition coefficient (Wildman–Crippen LogP) is 0.693. The van der Waals surface area contributed by atoms with Gasteiger partial charge in [0.1, 0.15) is 0 Å². The van der Waals surface area contributed by atoms with Crippen molar-refractivity contribution in [2.45, 2.75) is 6.42 Å². The van der Waals surface area contributed by atoms with Crippen molar-refractivity contribution in [3.05, 3.63) is 12.7 Å². The van der Waals surface area contributed by atoms with Gasteiger partial charge in [0.05, 0.1) is 6.54 Å². The average molecular weight is 139 g/mol. The Kier molecular flexibility index (Phi) is 2.22. The minimum atomic E-state index is 0.225. The molecule has 1 atom stereocenters. The molecule has 1 rings (SSSR count). The van der Waals surface area contributed by atoms with Crippen LogP contribution in [-0.4, -0.2) is 30.8 Å². The summed E-state index contributed by atoms with van der Waals surface area (Å²) >= 11 is 0. The van der Waals surface area contributed by atoms with Crippen LogP contribution < -0.4 is 0 Å². The molecule has 56 valence electrons. The van der Waals surface area contributed by atoms with E-state index in [-0.39, 0.29) is 5.92 Å². The Morgan fingerprint density at radius 1 is 1.90 bits per heavy atom. The normalized spacial score (nSPS) is 27.3. The fourth-order valence-corrected chi connectivity index (χ4v) is 1.34. The molecule has 0 unspecified atom stereocenters. The lowest BCUT2D eigenvalue weighted by atomic mass is 10.0. The number of Topliss-reactive ketones (excluding diaryl/α,β-unsaturated/α-hetero) is 1. The van der Waals surface area contributed by atoms with Crippen LogP contribution in [0.25, 0.3) is 0 Å². The summed E-state index contributed by atoms with van der Waals surface area (Å²) in [5.41, 5.74) is 0. The molecular weight excluding hydrogens is 126 g/mol. The van der Waals surface area contributed by atoms with Crippen molar-refractivity contribution in [2.75, 3.05) is 20.1 Å². The zero-order chi connectivity index (χ0) is 7.56. The fraction of sp³-hybridized carbons (Fsp3) is 0.625. The Balaban J connectivity index is 2.46. The molecule has 1 fully saturated rings.